The largest absolute Gasteiger partial charge is 0.493 e. The summed E-state index contributed by atoms with van der Waals surface area (Å²) in [5.74, 6) is 0.296. The van der Waals surface area contributed by atoms with E-state index in [0.29, 0.717) is 28.7 Å². The molecule has 1 N–H and O–H groups in total. The molecule has 0 saturated carbocycles. The van der Waals surface area contributed by atoms with Gasteiger partial charge in [0.05, 0.1) is 40.6 Å². The summed E-state index contributed by atoms with van der Waals surface area (Å²) in [6, 6.07) is 7.91. The molecule has 0 aliphatic heterocycles. The summed E-state index contributed by atoms with van der Waals surface area (Å²) in [4.78, 5) is 24.8. The molecular formula is C21H19Cl2NO5. The lowest BCUT2D eigenvalue weighted by atomic mass is 10.1. The van der Waals surface area contributed by atoms with Crippen molar-refractivity contribution in [3.05, 3.63) is 57.3 Å². The van der Waals surface area contributed by atoms with Crippen molar-refractivity contribution in [2.24, 2.45) is 0 Å². The van der Waals surface area contributed by atoms with Crippen LogP contribution in [0.4, 0.5) is 5.69 Å². The topological polar surface area (TPSA) is 77.8 Å². The maximum Gasteiger partial charge on any atom is 0.338 e. The van der Waals surface area contributed by atoms with Gasteiger partial charge >= 0.3 is 5.97 Å². The minimum absolute atomic E-state index is 0.125. The molecule has 1 aromatic heterocycles. The van der Waals surface area contributed by atoms with Crippen LogP contribution in [-0.4, -0.2) is 25.6 Å². The number of benzene rings is 2. The van der Waals surface area contributed by atoms with E-state index in [1.54, 1.807) is 25.1 Å². The number of hydrogen-bond acceptors (Lipinski definition) is 5. The van der Waals surface area contributed by atoms with Crippen LogP contribution in [0.3, 0.4) is 0 Å². The lowest BCUT2D eigenvalue weighted by molar-refractivity contribution is 0.0526. The third kappa shape index (κ3) is 4.18. The first kappa shape index (κ1) is 21.0. The SMILES string of the molecule is CCOC(=O)c1cc(Cl)c(NC(=O)c2ccc(OC)c3oc(CC)cc23)c(Cl)c1. The first-order valence-electron chi connectivity index (χ1n) is 8.96. The van der Waals surface area contributed by atoms with Gasteiger partial charge in [-0.05, 0) is 37.3 Å². The van der Waals surface area contributed by atoms with Crippen molar-refractivity contribution in [2.75, 3.05) is 19.0 Å². The van der Waals surface area contributed by atoms with E-state index >= 15 is 0 Å². The number of hydrogen-bond donors (Lipinski definition) is 1. The first-order chi connectivity index (χ1) is 13.9. The number of carbonyl (C=O) groups excluding carboxylic acids is 2. The number of esters is 1. The molecule has 6 nitrogen and oxygen atoms in total. The first-order valence-corrected chi connectivity index (χ1v) is 9.72. The Bertz CT molecular complexity index is 1070. The van der Waals surface area contributed by atoms with Crippen molar-refractivity contribution in [1.82, 2.24) is 0 Å². The molecule has 3 aromatic rings. The Kier molecular flexibility index (Phi) is 6.35. The number of fused-ring (bicyclic) bond motifs is 1. The lowest BCUT2D eigenvalue weighted by Gasteiger charge is -2.12. The summed E-state index contributed by atoms with van der Waals surface area (Å²) in [6.07, 6.45) is 0.672. The van der Waals surface area contributed by atoms with E-state index in [2.05, 4.69) is 5.32 Å². The Hall–Kier alpha value is -2.70. The third-order valence-electron chi connectivity index (χ3n) is 4.30. The minimum Gasteiger partial charge on any atom is -0.493 e. The van der Waals surface area contributed by atoms with Gasteiger partial charge in [-0.2, -0.15) is 0 Å². The molecule has 29 heavy (non-hydrogen) atoms. The molecule has 0 radical (unpaired) electrons. The van der Waals surface area contributed by atoms with Crippen LogP contribution >= 0.6 is 23.2 Å². The summed E-state index contributed by atoms with van der Waals surface area (Å²) in [7, 11) is 1.54. The molecular weight excluding hydrogens is 417 g/mol. The second-order valence-electron chi connectivity index (χ2n) is 6.11. The number of ether oxygens (including phenoxy) is 2. The van der Waals surface area contributed by atoms with E-state index < -0.39 is 11.9 Å². The molecule has 1 heterocycles. The molecule has 3 rings (SSSR count). The van der Waals surface area contributed by atoms with Crippen LogP contribution in [0.2, 0.25) is 10.0 Å². The van der Waals surface area contributed by atoms with Crippen LogP contribution in [0.5, 0.6) is 5.75 Å². The molecule has 0 saturated heterocycles. The standard InChI is InChI=1S/C21H19Cl2NO5/c1-4-12-10-14-13(6-7-17(27-3)19(14)29-12)20(25)24-18-15(22)8-11(9-16(18)23)21(26)28-5-2/h6-10H,4-5H2,1-3H3,(H,24,25). The molecule has 0 atom stereocenters. The van der Waals surface area contributed by atoms with Crippen molar-refractivity contribution in [3.63, 3.8) is 0 Å². The van der Waals surface area contributed by atoms with Crippen molar-refractivity contribution in [1.29, 1.82) is 0 Å². The number of carbonyl (C=O) groups is 2. The fourth-order valence-electron chi connectivity index (χ4n) is 2.89. The number of anilines is 1. The zero-order chi connectivity index (χ0) is 21.1. The summed E-state index contributed by atoms with van der Waals surface area (Å²) in [6.45, 7) is 3.88. The Morgan fingerprint density at radius 1 is 1.10 bits per heavy atom. The van der Waals surface area contributed by atoms with Crippen molar-refractivity contribution in [2.45, 2.75) is 20.3 Å². The maximum absolute atomic E-state index is 12.9. The van der Waals surface area contributed by atoms with Crippen LogP contribution in [0.25, 0.3) is 11.0 Å². The second kappa shape index (κ2) is 8.76. The van der Waals surface area contributed by atoms with E-state index in [-0.39, 0.29) is 27.9 Å². The van der Waals surface area contributed by atoms with Gasteiger partial charge in [-0.25, -0.2) is 4.79 Å². The predicted octanol–water partition coefficient (Wildman–Crippen LogP) is 5.74. The Balaban J connectivity index is 1.97. The quantitative estimate of drug-likeness (QED) is 0.499. The van der Waals surface area contributed by atoms with Crippen molar-refractivity contribution in [3.8, 4) is 5.75 Å². The zero-order valence-corrected chi connectivity index (χ0v) is 17.6. The van der Waals surface area contributed by atoms with Gasteiger partial charge in [0.25, 0.3) is 5.91 Å². The monoisotopic (exact) mass is 435 g/mol. The molecule has 0 fully saturated rings. The van der Waals surface area contributed by atoms with Crippen LogP contribution in [0.1, 0.15) is 40.3 Å². The predicted molar refractivity (Wildman–Crippen MR) is 113 cm³/mol. The number of halogens is 2. The highest BCUT2D eigenvalue weighted by molar-refractivity contribution is 6.40. The second-order valence-corrected chi connectivity index (χ2v) is 6.93. The fraction of sp³-hybridized carbons (Fsp3) is 0.238. The van der Waals surface area contributed by atoms with E-state index in [9.17, 15) is 9.59 Å². The average molecular weight is 436 g/mol. The van der Waals surface area contributed by atoms with Crippen LogP contribution in [0, 0.1) is 0 Å². The summed E-state index contributed by atoms with van der Waals surface area (Å²) >= 11 is 12.5. The third-order valence-corrected chi connectivity index (χ3v) is 4.90. The van der Waals surface area contributed by atoms with Gasteiger partial charge in [0.2, 0.25) is 0 Å². The summed E-state index contributed by atoms with van der Waals surface area (Å²) < 4.78 is 16.1. The average Bonchev–Trinajstić information content (AvgIpc) is 3.14. The van der Waals surface area contributed by atoms with Crippen LogP contribution in [0.15, 0.2) is 34.7 Å². The van der Waals surface area contributed by atoms with Crippen LogP contribution < -0.4 is 10.1 Å². The highest BCUT2D eigenvalue weighted by Gasteiger charge is 2.20. The van der Waals surface area contributed by atoms with Crippen LogP contribution in [-0.2, 0) is 11.2 Å². The van der Waals surface area contributed by atoms with Gasteiger partial charge in [-0.1, -0.05) is 30.1 Å². The molecule has 152 valence electrons. The van der Waals surface area contributed by atoms with Gasteiger partial charge in [0.1, 0.15) is 5.76 Å². The van der Waals surface area contributed by atoms with Crippen molar-refractivity contribution < 1.29 is 23.5 Å². The Labute approximate surface area is 177 Å². The Morgan fingerprint density at radius 3 is 2.38 bits per heavy atom. The fourth-order valence-corrected chi connectivity index (χ4v) is 3.47. The minimum atomic E-state index is -0.545. The normalized spacial score (nSPS) is 10.8. The molecule has 0 aliphatic rings. The zero-order valence-electron chi connectivity index (χ0n) is 16.1. The van der Waals surface area contributed by atoms with Gasteiger partial charge in [-0.3, -0.25) is 4.79 Å². The lowest BCUT2D eigenvalue weighted by Crippen LogP contribution is -2.14. The summed E-state index contributed by atoms with van der Waals surface area (Å²) in [5, 5.41) is 3.58. The highest BCUT2D eigenvalue weighted by atomic mass is 35.5. The van der Waals surface area contributed by atoms with E-state index in [0.717, 1.165) is 5.76 Å². The van der Waals surface area contributed by atoms with E-state index in [1.165, 1.54) is 19.2 Å². The highest BCUT2D eigenvalue weighted by Crippen LogP contribution is 2.35. The number of methoxy groups -OCH3 is 1. The van der Waals surface area contributed by atoms with E-state index in [4.69, 9.17) is 37.1 Å². The number of nitrogens with one attached hydrogen (secondary N) is 1. The molecule has 0 bridgehead atoms. The van der Waals surface area contributed by atoms with E-state index in [1.807, 2.05) is 6.92 Å². The molecule has 0 spiro atoms. The molecule has 1 amide bonds. The smallest absolute Gasteiger partial charge is 0.338 e. The molecule has 0 unspecified atom stereocenters. The molecule has 8 heteroatoms. The van der Waals surface area contributed by atoms with Crippen molar-refractivity contribution >= 4 is 51.7 Å². The number of aryl methyl sites for hydroxylation is 1. The molecule has 0 aliphatic carbocycles. The van der Waals surface area contributed by atoms with Gasteiger partial charge in [0, 0.05) is 11.8 Å². The maximum atomic E-state index is 12.9. The van der Waals surface area contributed by atoms with Gasteiger partial charge in [-0.15, -0.1) is 0 Å². The van der Waals surface area contributed by atoms with Gasteiger partial charge in [0.15, 0.2) is 11.3 Å². The summed E-state index contributed by atoms with van der Waals surface area (Å²) in [5.41, 5.74) is 1.28. The number of rotatable bonds is 6. The number of amides is 1. The van der Waals surface area contributed by atoms with Gasteiger partial charge < -0.3 is 19.2 Å². The molecule has 2 aromatic carbocycles. The Morgan fingerprint density at radius 2 is 1.79 bits per heavy atom. The number of furan rings is 1.